The number of pyridine rings is 1. The highest BCUT2D eigenvalue weighted by atomic mass is 16.5. The maximum absolute atomic E-state index is 13.0. The van der Waals surface area contributed by atoms with E-state index >= 15 is 0 Å². The summed E-state index contributed by atoms with van der Waals surface area (Å²) in [5, 5.41) is 29.1. The zero-order valence-corrected chi connectivity index (χ0v) is 22.8. The van der Waals surface area contributed by atoms with Crippen LogP contribution < -0.4 is 14.2 Å². The van der Waals surface area contributed by atoms with Gasteiger partial charge in [0.1, 0.15) is 5.75 Å². The maximum Gasteiger partial charge on any atom is 0.226 e. The van der Waals surface area contributed by atoms with E-state index in [-0.39, 0.29) is 22.7 Å². The quantitative estimate of drug-likeness (QED) is 0.255. The number of rotatable bonds is 7. The molecule has 4 aliphatic rings. The van der Waals surface area contributed by atoms with Crippen molar-refractivity contribution in [3.63, 3.8) is 0 Å². The molecule has 0 unspecified atom stereocenters. The summed E-state index contributed by atoms with van der Waals surface area (Å²) in [5.74, 6) is -0.198. The van der Waals surface area contributed by atoms with Gasteiger partial charge in [0.05, 0.1) is 39.1 Å². The number of nitrogens with zero attached hydrogens (tertiary/aromatic N) is 5. The predicted octanol–water partition coefficient (Wildman–Crippen LogP) is 3.62. The first-order chi connectivity index (χ1) is 19.9. The van der Waals surface area contributed by atoms with Crippen LogP contribution >= 0.6 is 0 Å². The number of likely N-dealkylation sites (tertiary alicyclic amines) is 1. The van der Waals surface area contributed by atoms with Crippen molar-refractivity contribution in [2.24, 2.45) is 16.4 Å². The average molecular weight is 558 g/mol. The zero-order chi connectivity index (χ0) is 28.4. The molecule has 2 aromatic carbocycles. The van der Waals surface area contributed by atoms with Gasteiger partial charge in [-0.25, -0.2) is 0 Å². The lowest BCUT2D eigenvalue weighted by Gasteiger charge is -2.56. The number of hydrogen-bond donors (Lipinski definition) is 2. The van der Waals surface area contributed by atoms with Gasteiger partial charge in [0, 0.05) is 53.6 Å². The molecule has 1 saturated carbocycles. The van der Waals surface area contributed by atoms with Crippen molar-refractivity contribution in [1.29, 1.82) is 0 Å². The molecule has 11 heteroatoms. The Kier molecular flexibility index (Phi) is 5.93. The summed E-state index contributed by atoms with van der Waals surface area (Å²) >= 11 is 0. The van der Waals surface area contributed by atoms with Gasteiger partial charge in [-0.2, -0.15) is 4.98 Å². The normalized spacial score (nSPS) is 30.8. The van der Waals surface area contributed by atoms with Crippen molar-refractivity contribution in [1.82, 2.24) is 9.88 Å². The van der Waals surface area contributed by atoms with E-state index < -0.39 is 29.1 Å². The van der Waals surface area contributed by atoms with E-state index in [0.29, 0.717) is 23.5 Å². The molecule has 1 spiro atoms. The SMILES string of the molecule is COc1cc2c(c(OC)n1)[C@]1(O)[C@H](O)[C@H](CN3CC4(COC4)C3)[C@@H](c3ccccc3)[C@]1(c1ccc(N=[N+]=[N-])cc1)O2. The molecule has 0 bridgehead atoms. The first kappa shape index (κ1) is 26.1. The fourth-order valence-electron chi connectivity index (χ4n) is 7.60. The van der Waals surface area contributed by atoms with E-state index in [1.807, 2.05) is 30.3 Å². The number of azide groups is 1. The van der Waals surface area contributed by atoms with Gasteiger partial charge in [-0.1, -0.05) is 59.7 Å². The van der Waals surface area contributed by atoms with Gasteiger partial charge in [0.2, 0.25) is 11.8 Å². The second-order valence-electron chi connectivity index (χ2n) is 11.5. The summed E-state index contributed by atoms with van der Waals surface area (Å²) in [6.07, 6.45) is -1.25. The monoisotopic (exact) mass is 557 g/mol. The molecule has 1 aliphatic carbocycles. The lowest BCUT2D eigenvalue weighted by Crippen LogP contribution is -2.66. The van der Waals surface area contributed by atoms with Crippen LogP contribution in [0.3, 0.4) is 0 Å². The summed E-state index contributed by atoms with van der Waals surface area (Å²) in [6, 6.07) is 18.4. The number of fused-ring (bicyclic) bond motifs is 3. The van der Waals surface area contributed by atoms with E-state index in [9.17, 15) is 10.2 Å². The summed E-state index contributed by atoms with van der Waals surface area (Å²) in [6.45, 7) is 3.82. The molecule has 2 saturated heterocycles. The Hall–Kier alpha value is -3.86. The first-order valence-electron chi connectivity index (χ1n) is 13.6. The van der Waals surface area contributed by atoms with E-state index in [1.54, 1.807) is 30.3 Å². The van der Waals surface area contributed by atoms with Crippen LogP contribution in [-0.4, -0.2) is 73.3 Å². The van der Waals surface area contributed by atoms with Crippen molar-refractivity contribution in [3.05, 3.63) is 87.8 Å². The smallest absolute Gasteiger partial charge is 0.226 e. The molecule has 0 radical (unpaired) electrons. The van der Waals surface area contributed by atoms with E-state index in [0.717, 1.165) is 31.9 Å². The van der Waals surface area contributed by atoms with Gasteiger partial charge >= 0.3 is 0 Å². The summed E-state index contributed by atoms with van der Waals surface area (Å²) in [7, 11) is 2.96. The molecule has 2 N–H and O–H groups in total. The second-order valence-corrected chi connectivity index (χ2v) is 11.5. The summed E-state index contributed by atoms with van der Waals surface area (Å²) in [5.41, 5.74) is 7.98. The van der Waals surface area contributed by atoms with Gasteiger partial charge in [0.15, 0.2) is 11.2 Å². The van der Waals surface area contributed by atoms with E-state index in [4.69, 9.17) is 24.5 Å². The number of aromatic nitrogens is 1. The Morgan fingerprint density at radius 3 is 2.44 bits per heavy atom. The van der Waals surface area contributed by atoms with Crippen molar-refractivity contribution in [3.8, 4) is 17.5 Å². The average Bonchev–Trinajstić information content (AvgIpc) is 3.32. The Morgan fingerprint density at radius 2 is 1.83 bits per heavy atom. The van der Waals surface area contributed by atoms with Crippen molar-refractivity contribution in [2.45, 2.75) is 23.2 Å². The Morgan fingerprint density at radius 1 is 1.10 bits per heavy atom. The third kappa shape index (κ3) is 3.54. The van der Waals surface area contributed by atoms with Crippen molar-refractivity contribution in [2.75, 3.05) is 47.1 Å². The number of aliphatic hydroxyl groups excluding tert-OH is 1. The summed E-state index contributed by atoms with van der Waals surface area (Å²) in [4.78, 5) is 9.67. The van der Waals surface area contributed by atoms with Crippen LogP contribution in [0.2, 0.25) is 0 Å². The highest BCUT2D eigenvalue weighted by Gasteiger charge is 2.77. The number of methoxy groups -OCH3 is 2. The number of aliphatic hydroxyl groups is 2. The highest BCUT2D eigenvalue weighted by Crippen LogP contribution is 2.70. The fourth-order valence-corrected chi connectivity index (χ4v) is 7.60. The third-order valence-electron chi connectivity index (χ3n) is 9.27. The topological polar surface area (TPSA) is 142 Å². The molecule has 3 aromatic rings. The molecule has 3 aliphatic heterocycles. The van der Waals surface area contributed by atoms with Crippen LogP contribution in [0.15, 0.2) is 65.8 Å². The van der Waals surface area contributed by atoms with Crippen LogP contribution in [0.1, 0.15) is 22.6 Å². The molecule has 11 nitrogen and oxygen atoms in total. The van der Waals surface area contributed by atoms with Gasteiger partial charge in [-0.05, 0) is 16.7 Å². The molecular formula is C30H31N5O6. The van der Waals surface area contributed by atoms with Crippen LogP contribution in [0.25, 0.3) is 10.4 Å². The van der Waals surface area contributed by atoms with Gasteiger partial charge in [-0.15, -0.1) is 0 Å². The van der Waals surface area contributed by atoms with Crippen LogP contribution in [0.5, 0.6) is 17.5 Å². The number of hydrogen-bond acceptors (Lipinski definition) is 9. The van der Waals surface area contributed by atoms with Crippen molar-refractivity contribution >= 4 is 5.69 Å². The Balaban J connectivity index is 1.44. The first-order valence-corrected chi connectivity index (χ1v) is 13.6. The fraction of sp³-hybridized carbons (Fsp3) is 0.433. The Labute approximate surface area is 236 Å². The van der Waals surface area contributed by atoms with Gasteiger partial charge < -0.3 is 34.1 Å². The molecular weight excluding hydrogens is 526 g/mol. The largest absolute Gasteiger partial charge is 0.481 e. The molecule has 1 aromatic heterocycles. The molecule has 212 valence electrons. The maximum atomic E-state index is 13.0. The minimum atomic E-state index is -1.94. The van der Waals surface area contributed by atoms with Gasteiger partial charge in [-0.3, -0.25) is 0 Å². The molecule has 41 heavy (non-hydrogen) atoms. The highest BCUT2D eigenvalue weighted by molar-refractivity contribution is 5.60. The van der Waals surface area contributed by atoms with Crippen LogP contribution in [0.4, 0.5) is 5.69 Å². The van der Waals surface area contributed by atoms with Crippen LogP contribution in [-0.2, 0) is 15.9 Å². The minimum Gasteiger partial charge on any atom is -0.481 e. The molecule has 3 fully saturated rings. The lowest BCUT2D eigenvalue weighted by atomic mass is 9.70. The second kappa shape index (κ2) is 9.34. The molecule has 7 rings (SSSR count). The number of benzene rings is 2. The molecule has 0 amide bonds. The molecule has 4 heterocycles. The summed E-state index contributed by atoms with van der Waals surface area (Å²) < 4.78 is 23.5. The van der Waals surface area contributed by atoms with Crippen LogP contribution in [0, 0.1) is 11.3 Å². The predicted molar refractivity (Wildman–Crippen MR) is 147 cm³/mol. The third-order valence-corrected chi connectivity index (χ3v) is 9.27. The zero-order valence-electron chi connectivity index (χ0n) is 22.8. The van der Waals surface area contributed by atoms with Gasteiger partial charge in [0.25, 0.3) is 0 Å². The van der Waals surface area contributed by atoms with E-state index in [1.165, 1.54) is 14.2 Å². The standard InChI is InChI=1S/C30H31N5O6/c1-38-23-12-22-25(27(32-23)39-2)29(37)26(36)21(13-35-14-28(15-35)16-40-17-28)24(18-6-4-3-5-7-18)30(29,41-22)19-8-10-20(11-9-19)33-34-31/h3-12,21,24,26,36-37H,13-17H2,1-2H3/t21-,24-,26-,29+,30+/m1/s1. The molecule has 5 atom stereocenters. The number of ether oxygens (including phenoxy) is 4. The Bertz CT molecular complexity index is 1520. The lowest BCUT2D eigenvalue weighted by molar-refractivity contribution is -0.194. The van der Waals surface area contributed by atoms with Crippen molar-refractivity contribution < 1.29 is 29.2 Å². The van der Waals surface area contributed by atoms with E-state index in [2.05, 4.69) is 19.9 Å². The minimum absolute atomic E-state index is 0.121.